The Bertz CT molecular complexity index is 315. The van der Waals surface area contributed by atoms with Gasteiger partial charge in [-0.3, -0.25) is 0 Å². The molecule has 0 aliphatic rings. The number of aromatic nitrogens is 2. The molecule has 1 atom stereocenters. The fourth-order valence-corrected chi connectivity index (χ4v) is 2.70. The Morgan fingerprint density at radius 3 is 2.67 bits per heavy atom. The van der Waals surface area contributed by atoms with E-state index in [1.165, 1.54) is 11.8 Å². The number of hydrogen-bond acceptors (Lipinski definition) is 5. The van der Waals surface area contributed by atoms with E-state index in [1.807, 2.05) is 6.92 Å². The highest BCUT2D eigenvalue weighted by Gasteiger charge is 2.36. The molecule has 1 N–H and O–H groups in total. The highest BCUT2D eigenvalue weighted by molar-refractivity contribution is 8.01. The molecule has 0 aliphatic carbocycles. The zero-order valence-electron chi connectivity index (χ0n) is 7.78. The van der Waals surface area contributed by atoms with Crippen LogP contribution in [0, 0.1) is 0 Å². The average molecular weight is 258 g/mol. The summed E-state index contributed by atoms with van der Waals surface area (Å²) in [6, 6.07) is 0. The molecule has 0 saturated heterocycles. The maximum atomic E-state index is 12.1. The van der Waals surface area contributed by atoms with Gasteiger partial charge in [-0.15, -0.1) is 0 Å². The minimum Gasteiger partial charge on any atom is -0.396 e. The van der Waals surface area contributed by atoms with Crippen LogP contribution in [-0.2, 0) is 6.18 Å². The lowest BCUT2D eigenvalue weighted by Crippen LogP contribution is -2.07. The van der Waals surface area contributed by atoms with Crippen molar-refractivity contribution in [3.05, 3.63) is 5.82 Å². The lowest BCUT2D eigenvalue weighted by atomic mass is 10.4. The van der Waals surface area contributed by atoms with Crippen molar-refractivity contribution in [3.8, 4) is 0 Å². The van der Waals surface area contributed by atoms with E-state index >= 15 is 0 Å². The molecule has 3 nitrogen and oxygen atoms in total. The molecule has 1 heterocycles. The zero-order valence-corrected chi connectivity index (χ0v) is 9.42. The largest absolute Gasteiger partial charge is 0.452 e. The van der Waals surface area contributed by atoms with Gasteiger partial charge < -0.3 is 5.11 Å². The number of alkyl halides is 3. The number of rotatable bonds is 4. The summed E-state index contributed by atoms with van der Waals surface area (Å²) < 4.78 is 39.9. The van der Waals surface area contributed by atoms with Crippen LogP contribution < -0.4 is 0 Å². The Morgan fingerprint density at radius 1 is 1.53 bits per heavy atom. The van der Waals surface area contributed by atoms with E-state index in [-0.39, 0.29) is 16.2 Å². The molecule has 0 bridgehead atoms. The van der Waals surface area contributed by atoms with Gasteiger partial charge in [0.25, 0.3) is 0 Å². The fourth-order valence-electron chi connectivity index (χ4n) is 0.785. The molecular weight excluding hydrogens is 249 g/mol. The minimum atomic E-state index is -4.48. The van der Waals surface area contributed by atoms with Gasteiger partial charge in [-0.2, -0.15) is 17.5 Å². The van der Waals surface area contributed by atoms with Crippen molar-refractivity contribution in [2.24, 2.45) is 0 Å². The Hall–Kier alpha value is -0.340. The molecule has 1 rings (SSSR count). The lowest BCUT2D eigenvalue weighted by molar-refractivity contribution is -0.144. The SMILES string of the molecule is CC(CCO)Sc1nc(C(F)(F)F)ns1. The van der Waals surface area contributed by atoms with Crippen molar-refractivity contribution in [2.45, 2.75) is 29.1 Å². The molecule has 0 radical (unpaired) electrons. The summed E-state index contributed by atoms with van der Waals surface area (Å²) in [5, 5.41) is 8.65. The molecule has 15 heavy (non-hydrogen) atoms. The topological polar surface area (TPSA) is 46.0 Å². The molecule has 86 valence electrons. The van der Waals surface area contributed by atoms with Gasteiger partial charge in [0.2, 0.25) is 5.82 Å². The van der Waals surface area contributed by atoms with Crippen LogP contribution in [0.2, 0.25) is 0 Å². The number of thioether (sulfide) groups is 1. The van der Waals surface area contributed by atoms with Crippen LogP contribution >= 0.6 is 23.3 Å². The quantitative estimate of drug-likeness (QED) is 0.842. The van der Waals surface area contributed by atoms with Gasteiger partial charge in [0.1, 0.15) is 0 Å². The molecule has 0 saturated carbocycles. The molecular formula is C7H9F3N2OS2. The van der Waals surface area contributed by atoms with Crippen molar-refractivity contribution in [2.75, 3.05) is 6.61 Å². The third-order valence-corrected chi connectivity index (χ3v) is 3.45. The van der Waals surface area contributed by atoms with Crippen LogP contribution in [0.15, 0.2) is 4.34 Å². The summed E-state index contributed by atoms with van der Waals surface area (Å²) in [7, 11) is 0. The third-order valence-electron chi connectivity index (χ3n) is 1.50. The number of nitrogens with zero attached hydrogens (tertiary/aromatic N) is 2. The molecule has 0 aliphatic heterocycles. The van der Waals surface area contributed by atoms with Gasteiger partial charge in [-0.05, 0) is 18.0 Å². The normalized spacial score (nSPS) is 14.2. The van der Waals surface area contributed by atoms with Gasteiger partial charge in [0.15, 0.2) is 4.34 Å². The van der Waals surface area contributed by atoms with Crippen LogP contribution in [0.4, 0.5) is 13.2 Å². The first kappa shape index (κ1) is 12.7. The van der Waals surface area contributed by atoms with Crippen molar-refractivity contribution in [1.29, 1.82) is 0 Å². The summed E-state index contributed by atoms with van der Waals surface area (Å²) >= 11 is 1.92. The second-order valence-corrected chi connectivity index (χ2v) is 5.26. The second-order valence-electron chi connectivity index (χ2n) is 2.82. The first-order valence-corrected chi connectivity index (χ1v) is 5.77. The standard InChI is InChI=1S/C7H9F3N2OS2/c1-4(2-3-13)14-6-11-5(12-15-6)7(8,9)10/h4,13H,2-3H2,1H3. The summed E-state index contributed by atoms with van der Waals surface area (Å²) in [6.07, 6.45) is -3.96. The number of aliphatic hydroxyl groups is 1. The molecule has 1 aromatic rings. The van der Waals surface area contributed by atoms with E-state index in [1.54, 1.807) is 0 Å². The van der Waals surface area contributed by atoms with Crippen LogP contribution in [0.25, 0.3) is 0 Å². The van der Waals surface area contributed by atoms with Gasteiger partial charge in [0, 0.05) is 11.9 Å². The summed E-state index contributed by atoms with van der Waals surface area (Å²) in [5.74, 6) is -1.09. The maximum Gasteiger partial charge on any atom is 0.452 e. The zero-order chi connectivity index (χ0) is 11.5. The Balaban J connectivity index is 2.61. The van der Waals surface area contributed by atoms with Crippen molar-refractivity contribution in [3.63, 3.8) is 0 Å². The first-order valence-electron chi connectivity index (χ1n) is 4.12. The molecule has 0 aromatic carbocycles. The van der Waals surface area contributed by atoms with E-state index < -0.39 is 12.0 Å². The second kappa shape index (κ2) is 5.13. The van der Waals surface area contributed by atoms with Gasteiger partial charge in [-0.25, -0.2) is 4.98 Å². The number of hydrogen-bond donors (Lipinski definition) is 1. The summed E-state index contributed by atoms with van der Waals surface area (Å²) in [4.78, 5) is 3.37. The predicted octanol–water partition coefficient (Wildman–Crippen LogP) is 2.42. The van der Waals surface area contributed by atoms with E-state index in [4.69, 9.17) is 5.11 Å². The Kier molecular flexibility index (Phi) is 4.35. The van der Waals surface area contributed by atoms with Crippen LogP contribution in [-0.4, -0.2) is 26.3 Å². The van der Waals surface area contributed by atoms with Crippen LogP contribution in [0.3, 0.4) is 0 Å². The summed E-state index contributed by atoms with van der Waals surface area (Å²) in [5.41, 5.74) is 0. The average Bonchev–Trinajstić information content (AvgIpc) is 2.52. The summed E-state index contributed by atoms with van der Waals surface area (Å²) in [6.45, 7) is 1.83. The molecule has 8 heteroatoms. The minimum absolute atomic E-state index is 0.0130. The lowest BCUT2D eigenvalue weighted by Gasteiger charge is -2.04. The van der Waals surface area contributed by atoms with E-state index in [0.29, 0.717) is 6.42 Å². The predicted molar refractivity (Wildman–Crippen MR) is 51.9 cm³/mol. The van der Waals surface area contributed by atoms with Gasteiger partial charge in [0.05, 0.1) is 0 Å². The molecule has 0 spiro atoms. The van der Waals surface area contributed by atoms with E-state index in [0.717, 1.165) is 11.5 Å². The van der Waals surface area contributed by atoms with Crippen molar-refractivity contribution < 1.29 is 18.3 Å². The maximum absolute atomic E-state index is 12.1. The highest BCUT2D eigenvalue weighted by Crippen LogP contribution is 2.32. The van der Waals surface area contributed by atoms with Gasteiger partial charge in [-0.1, -0.05) is 18.7 Å². The first-order chi connectivity index (χ1) is 6.93. The van der Waals surface area contributed by atoms with Crippen molar-refractivity contribution >= 4 is 23.3 Å². The van der Waals surface area contributed by atoms with Crippen molar-refractivity contribution in [1.82, 2.24) is 9.36 Å². The number of halogens is 3. The number of aliphatic hydroxyl groups excluding tert-OH is 1. The fraction of sp³-hybridized carbons (Fsp3) is 0.714. The molecule has 1 aromatic heterocycles. The van der Waals surface area contributed by atoms with Crippen LogP contribution in [0.5, 0.6) is 0 Å². The van der Waals surface area contributed by atoms with Crippen LogP contribution in [0.1, 0.15) is 19.2 Å². The monoisotopic (exact) mass is 258 g/mol. The molecule has 1 unspecified atom stereocenters. The smallest absolute Gasteiger partial charge is 0.396 e. The highest BCUT2D eigenvalue weighted by atomic mass is 32.2. The van der Waals surface area contributed by atoms with E-state index in [9.17, 15) is 13.2 Å². The third kappa shape index (κ3) is 3.96. The Morgan fingerprint density at radius 2 is 2.20 bits per heavy atom. The molecule has 0 amide bonds. The van der Waals surface area contributed by atoms with E-state index in [2.05, 4.69) is 9.36 Å². The Labute approximate surface area is 92.9 Å². The van der Waals surface area contributed by atoms with Gasteiger partial charge >= 0.3 is 6.18 Å². The molecule has 0 fully saturated rings.